The van der Waals surface area contributed by atoms with Crippen molar-refractivity contribution in [3.8, 4) is 11.3 Å². The lowest BCUT2D eigenvalue weighted by Crippen LogP contribution is -2.11. The number of sulfone groups is 1. The lowest BCUT2D eigenvalue weighted by atomic mass is 10.1. The van der Waals surface area contributed by atoms with Gasteiger partial charge in [-0.15, -0.1) is 0 Å². The zero-order chi connectivity index (χ0) is 15.2. The zero-order valence-electron chi connectivity index (χ0n) is 11.0. The highest BCUT2D eigenvalue weighted by atomic mass is 79.9. The average Bonchev–Trinajstić information content (AvgIpc) is 2.93. The molecule has 1 fully saturated rings. The van der Waals surface area contributed by atoms with Gasteiger partial charge in [-0.05, 0) is 40.5 Å². The van der Waals surface area contributed by atoms with Crippen LogP contribution in [0.5, 0.6) is 0 Å². The fraction of sp³-hybridized carbons (Fsp3) is 0.308. The summed E-state index contributed by atoms with van der Waals surface area (Å²) >= 11 is 3.29. The van der Waals surface area contributed by atoms with E-state index in [9.17, 15) is 12.8 Å². The Morgan fingerprint density at radius 1 is 1.43 bits per heavy atom. The number of halogens is 2. The van der Waals surface area contributed by atoms with E-state index >= 15 is 0 Å². The Kier molecular flexibility index (Phi) is 3.53. The van der Waals surface area contributed by atoms with Crippen LogP contribution in [0.1, 0.15) is 12.5 Å². The van der Waals surface area contributed by atoms with Crippen LogP contribution in [0.2, 0.25) is 0 Å². The first-order valence-electron chi connectivity index (χ1n) is 6.36. The SMILES string of the molecule is Nc1cn(C2CCS(=O)(=O)C2)nc1-c1ccc(F)cc1Br. The molecule has 112 valence electrons. The Hall–Kier alpha value is -1.41. The minimum absolute atomic E-state index is 0.0815. The number of aromatic nitrogens is 2. The summed E-state index contributed by atoms with van der Waals surface area (Å²) in [6, 6.07) is 4.07. The monoisotopic (exact) mass is 373 g/mol. The molecule has 1 aromatic heterocycles. The number of hydrogen-bond donors (Lipinski definition) is 1. The van der Waals surface area contributed by atoms with Crippen molar-refractivity contribution in [1.82, 2.24) is 9.78 Å². The van der Waals surface area contributed by atoms with Crippen LogP contribution in [-0.2, 0) is 9.84 Å². The molecular weight excluding hydrogens is 361 g/mol. The summed E-state index contributed by atoms with van der Waals surface area (Å²) in [5.74, 6) is -0.101. The van der Waals surface area contributed by atoms with E-state index in [0.717, 1.165) is 0 Å². The van der Waals surface area contributed by atoms with Crippen LogP contribution in [0.4, 0.5) is 10.1 Å². The molecule has 0 bridgehead atoms. The molecule has 1 unspecified atom stereocenters. The molecule has 5 nitrogen and oxygen atoms in total. The maximum absolute atomic E-state index is 13.1. The molecule has 2 aromatic rings. The quantitative estimate of drug-likeness (QED) is 0.876. The molecule has 2 heterocycles. The highest BCUT2D eigenvalue weighted by molar-refractivity contribution is 9.10. The summed E-state index contributed by atoms with van der Waals surface area (Å²) < 4.78 is 38.4. The van der Waals surface area contributed by atoms with Crippen molar-refractivity contribution >= 4 is 31.5 Å². The predicted molar refractivity (Wildman–Crippen MR) is 82.0 cm³/mol. The number of nitrogens with zero attached hydrogens (tertiary/aromatic N) is 2. The standard InChI is InChI=1S/C13H13BrFN3O2S/c14-11-5-8(15)1-2-10(11)13-12(16)6-18(17-13)9-3-4-21(19,20)7-9/h1-2,5-6,9H,3-4,7,16H2. The second-order valence-corrected chi connectivity index (χ2v) is 8.18. The minimum atomic E-state index is -2.99. The van der Waals surface area contributed by atoms with E-state index in [2.05, 4.69) is 21.0 Å². The van der Waals surface area contributed by atoms with E-state index in [4.69, 9.17) is 5.73 Å². The highest BCUT2D eigenvalue weighted by Crippen LogP contribution is 2.33. The van der Waals surface area contributed by atoms with Gasteiger partial charge in [0, 0.05) is 16.2 Å². The Morgan fingerprint density at radius 3 is 2.81 bits per heavy atom. The molecule has 0 spiro atoms. The van der Waals surface area contributed by atoms with Gasteiger partial charge in [0.15, 0.2) is 9.84 Å². The van der Waals surface area contributed by atoms with E-state index in [1.807, 2.05) is 0 Å². The molecule has 1 aliphatic rings. The third-order valence-electron chi connectivity index (χ3n) is 3.53. The van der Waals surface area contributed by atoms with Gasteiger partial charge in [-0.25, -0.2) is 12.8 Å². The molecule has 0 saturated carbocycles. The van der Waals surface area contributed by atoms with E-state index in [-0.39, 0.29) is 23.4 Å². The highest BCUT2D eigenvalue weighted by Gasteiger charge is 2.30. The zero-order valence-corrected chi connectivity index (χ0v) is 13.4. The van der Waals surface area contributed by atoms with Crippen LogP contribution in [-0.4, -0.2) is 29.7 Å². The van der Waals surface area contributed by atoms with Gasteiger partial charge < -0.3 is 5.73 Å². The van der Waals surface area contributed by atoms with Crippen LogP contribution >= 0.6 is 15.9 Å². The molecular formula is C13H13BrFN3O2S. The number of hydrogen-bond acceptors (Lipinski definition) is 4. The van der Waals surface area contributed by atoms with E-state index in [1.54, 1.807) is 16.9 Å². The molecule has 0 aliphatic carbocycles. The average molecular weight is 374 g/mol. The molecule has 0 radical (unpaired) electrons. The molecule has 1 aliphatic heterocycles. The van der Waals surface area contributed by atoms with Crippen LogP contribution in [0, 0.1) is 5.82 Å². The number of nitrogen functional groups attached to an aromatic ring is 1. The summed E-state index contributed by atoms with van der Waals surface area (Å²) in [4.78, 5) is 0. The normalized spacial score (nSPS) is 20.8. The predicted octanol–water partition coefficient (Wildman–Crippen LogP) is 2.39. The summed E-state index contributed by atoms with van der Waals surface area (Å²) in [7, 11) is -2.99. The molecule has 3 rings (SSSR count). The van der Waals surface area contributed by atoms with Crippen molar-refractivity contribution in [3.63, 3.8) is 0 Å². The molecule has 0 amide bonds. The topological polar surface area (TPSA) is 78.0 Å². The number of anilines is 1. The van der Waals surface area contributed by atoms with E-state index < -0.39 is 9.84 Å². The van der Waals surface area contributed by atoms with Crippen LogP contribution in [0.15, 0.2) is 28.9 Å². The van der Waals surface area contributed by atoms with Crippen LogP contribution in [0.25, 0.3) is 11.3 Å². The van der Waals surface area contributed by atoms with Crippen molar-refractivity contribution in [2.45, 2.75) is 12.5 Å². The van der Waals surface area contributed by atoms with Gasteiger partial charge in [0.2, 0.25) is 0 Å². The minimum Gasteiger partial charge on any atom is -0.396 e. The Balaban J connectivity index is 1.99. The second kappa shape index (κ2) is 5.10. The summed E-state index contributed by atoms with van der Waals surface area (Å²) in [5, 5.41) is 4.39. The first-order valence-corrected chi connectivity index (χ1v) is 8.97. The van der Waals surface area contributed by atoms with E-state index in [0.29, 0.717) is 27.8 Å². The van der Waals surface area contributed by atoms with Gasteiger partial charge in [0.25, 0.3) is 0 Å². The summed E-state index contributed by atoms with van der Waals surface area (Å²) in [5.41, 5.74) is 7.60. The van der Waals surface area contributed by atoms with Crippen molar-refractivity contribution in [1.29, 1.82) is 0 Å². The maximum atomic E-state index is 13.1. The summed E-state index contributed by atoms with van der Waals surface area (Å²) in [6.45, 7) is 0. The largest absolute Gasteiger partial charge is 0.396 e. The number of rotatable bonds is 2. The lowest BCUT2D eigenvalue weighted by Gasteiger charge is -2.07. The molecule has 2 N–H and O–H groups in total. The Bertz CT molecular complexity index is 804. The fourth-order valence-corrected chi connectivity index (χ4v) is 4.71. The van der Waals surface area contributed by atoms with E-state index in [1.165, 1.54) is 12.1 Å². The third kappa shape index (κ3) is 2.82. The first kappa shape index (κ1) is 14.5. The number of nitrogens with two attached hydrogens (primary N) is 1. The Labute approximate surface area is 130 Å². The third-order valence-corrected chi connectivity index (χ3v) is 5.94. The van der Waals surface area contributed by atoms with Gasteiger partial charge in [0.1, 0.15) is 11.5 Å². The number of benzene rings is 1. The molecule has 8 heteroatoms. The second-order valence-electron chi connectivity index (χ2n) is 5.09. The van der Waals surface area contributed by atoms with Crippen molar-refractivity contribution in [2.75, 3.05) is 17.2 Å². The lowest BCUT2D eigenvalue weighted by molar-refractivity contribution is 0.501. The van der Waals surface area contributed by atoms with Gasteiger partial charge in [0.05, 0.1) is 23.2 Å². The van der Waals surface area contributed by atoms with Crippen molar-refractivity contribution in [2.24, 2.45) is 0 Å². The van der Waals surface area contributed by atoms with Gasteiger partial charge in [-0.3, -0.25) is 4.68 Å². The van der Waals surface area contributed by atoms with Gasteiger partial charge in [-0.2, -0.15) is 5.10 Å². The summed E-state index contributed by atoms with van der Waals surface area (Å²) in [6.07, 6.45) is 2.17. The molecule has 1 atom stereocenters. The Morgan fingerprint density at radius 2 is 2.19 bits per heavy atom. The van der Waals surface area contributed by atoms with Crippen molar-refractivity contribution in [3.05, 3.63) is 34.7 Å². The fourth-order valence-electron chi connectivity index (χ4n) is 2.47. The van der Waals surface area contributed by atoms with Gasteiger partial charge in [-0.1, -0.05) is 0 Å². The first-order chi connectivity index (χ1) is 9.85. The van der Waals surface area contributed by atoms with Gasteiger partial charge >= 0.3 is 0 Å². The van der Waals surface area contributed by atoms with Crippen molar-refractivity contribution < 1.29 is 12.8 Å². The molecule has 1 saturated heterocycles. The van der Waals surface area contributed by atoms with Crippen LogP contribution < -0.4 is 5.73 Å². The maximum Gasteiger partial charge on any atom is 0.152 e. The molecule has 21 heavy (non-hydrogen) atoms. The molecule has 1 aromatic carbocycles. The van der Waals surface area contributed by atoms with Crippen LogP contribution in [0.3, 0.4) is 0 Å². The smallest absolute Gasteiger partial charge is 0.152 e.